The van der Waals surface area contributed by atoms with E-state index in [1.54, 1.807) is 42.6 Å². The minimum Gasteiger partial charge on any atom is -0.489 e. The molecule has 2 amide bonds. The molecule has 0 saturated carbocycles. The van der Waals surface area contributed by atoms with Gasteiger partial charge in [-0.2, -0.15) is 5.10 Å². The summed E-state index contributed by atoms with van der Waals surface area (Å²) in [7, 11) is 0. The zero-order valence-corrected chi connectivity index (χ0v) is 21.2. The molecule has 3 N–H and O–H groups in total. The van der Waals surface area contributed by atoms with E-state index in [9.17, 15) is 19.7 Å². The van der Waals surface area contributed by atoms with Gasteiger partial charge >= 0.3 is 6.09 Å². The third kappa shape index (κ3) is 8.52. The van der Waals surface area contributed by atoms with Crippen molar-refractivity contribution in [3.8, 4) is 5.75 Å². The van der Waals surface area contributed by atoms with Gasteiger partial charge in [-0.15, -0.1) is 0 Å². The second-order valence-corrected chi connectivity index (χ2v) is 8.56. The predicted octanol–water partition coefficient (Wildman–Crippen LogP) is 3.88. The number of ether oxygens (including phenoxy) is 2. The predicted molar refractivity (Wildman–Crippen MR) is 145 cm³/mol. The van der Waals surface area contributed by atoms with Gasteiger partial charge in [0.1, 0.15) is 25.0 Å². The maximum absolute atomic E-state index is 12.8. The fourth-order valence-electron chi connectivity index (χ4n) is 3.51. The summed E-state index contributed by atoms with van der Waals surface area (Å²) in [6.45, 7) is 0.316. The van der Waals surface area contributed by atoms with Crippen LogP contribution in [0.25, 0.3) is 0 Å². The van der Waals surface area contributed by atoms with Gasteiger partial charge in [-0.25, -0.2) is 15.2 Å². The number of hydrazone groups is 1. The van der Waals surface area contributed by atoms with Crippen molar-refractivity contribution in [2.24, 2.45) is 5.10 Å². The van der Waals surface area contributed by atoms with Crippen LogP contribution in [0.2, 0.25) is 0 Å². The van der Waals surface area contributed by atoms with E-state index < -0.39 is 23.0 Å². The zero-order chi connectivity index (χ0) is 28.2. The van der Waals surface area contributed by atoms with Crippen LogP contribution in [0, 0.1) is 10.1 Å². The Hall–Kier alpha value is -5.52. The molecule has 0 aliphatic carbocycles. The summed E-state index contributed by atoms with van der Waals surface area (Å²) in [6, 6.07) is 21.3. The summed E-state index contributed by atoms with van der Waals surface area (Å²) in [5.41, 5.74) is 5.42. The van der Waals surface area contributed by atoms with E-state index in [4.69, 9.17) is 9.47 Å². The van der Waals surface area contributed by atoms with Crippen LogP contribution in [0.3, 0.4) is 0 Å². The third-order valence-corrected chi connectivity index (χ3v) is 5.62. The van der Waals surface area contributed by atoms with Crippen LogP contribution in [0.5, 0.6) is 5.75 Å². The lowest BCUT2D eigenvalue weighted by atomic mass is 10.1. The first-order valence-electron chi connectivity index (χ1n) is 12.2. The van der Waals surface area contributed by atoms with E-state index in [0.717, 1.165) is 11.1 Å². The zero-order valence-electron chi connectivity index (χ0n) is 21.2. The largest absolute Gasteiger partial charge is 0.489 e. The molecule has 4 aromatic rings. The van der Waals surface area contributed by atoms with E-state index in [0.29, 0.717) is 17.0 Å². The Morgan fingerprint density at radius 3 is 2.40 bits per heavy atom. The molecule has 0 aliphatic rings. The van der Waals surface area contributed by atoms with Gasteiger partial charge in [-0.3, -0.25) is 14.9 Å². The molecule has 0 fully saturated rings. The number of hydrogen-bond donors (Lipinski definition) is 3. The number of nitro groups is 1. The normalized spacial score (nSPS) is 11.5. The molecule has 3 aromatic carbocycles. The number of carbonyl (C=O) groups is 2. The molecular weight excluding hydrogens is 516 g/mol. The van der Waals surface area contributed by atoms with E-state index >= 15 is 0 Å². The van der Waals surface area contributed by atoms with Gasteiger partial charge in [0.05, 0.1) is 17.5 Å². The number of imidazole rings is 1. The summed E-state index contributed by atoms with van der Waals surface area (Å²) >= 11 is 0. The summed E-state index contributed by atoms with van der Waals surface area (Å²) in [5, 5.41) is 17.3. The molecule has 0 unspecified atom stereocenters. The number of rotatable bonds is 12. The monoisotopic (exact) mass is 542 g/mol. The van der Waals surface area contributed by atoms with Crippen molar-refractivity contribution < 1.29 is 24.0 Å². The van der Waals surface area contributed by atoms with Gasteiger partial charge in [-0.1, -0.05) is 30.3 Å². The molecule has 204 valence electrons. The average molecular weight is 543 g/mol. The minimum absolute atomic E-state index is 0.0193. The first-order valence-corrected chi connectivity index (χ1v) is 12.2. The molecule has 40 heavy (non-hydrogen) atoms. The van der Waals surface area contributed by atoms with E-state index in [-0.39, 0.29) is 25.3 Å². The number of non-ortho nitro benzene ring substituents is 1. The first-order chi connectivity index (χ1) is 19.5. The Bertz CT molecular complexity index is 1420. The Labute approximate surface area is 229 Å². The lowest BCUT2D eigenvalue weighted by molar-refractivity contribution is -0.384. The highest BCUT2D eigenvalue weighted by molar-refractivity contribution is 5.87. The van der Waals surface area contributed by atoms with Crippen LogP contribution in [-0.4, -0.2) is 39.1 Å². The molecule has 0 saturated heterocycles. The quantitative estimate of drug-likeness (QED) is 0.139. The molecule has 0 radical (unpaired) electrons. The number of alkyl carbamates (subject to hydrolysis) is 1. The fourth-order valence-corrected chi connectivity index (χ4v) is 3.51. The van der Waals surface area contributed by atoms with Gasteiger partial charge in [0, 0.05) is 30.4 Å². The Morgan fingerprint density at radius 1 is 1.00 bits per heavy atom. The standard InChI is InChI=1S/C28H26N6O6/c35-27(26(14-23-16-29-19-30-23)32-28(36)40-18-21-4-2-1-3-5-21)33-31-15-20-8-12-25(13-9-20)39-17-22-6-10-24(11-7-22)34(37)38/h1-13,15-16,19,26H,14,17-18H2,(H,29,30)(H,32,36)(H,33,35)/b31-15-/t26-/m1/s1. The molecule has 0 aliphatic heterocycles. The molecule has 1 heterocycles. The molecule has 4 rings (SSSR count). The summed E-state index contributed by atoms with van der Waals surface area (Å²) < 4.78 is 11.0. The number of nitrogens with one attached hydrogen (secondary N) is 3. The third-order valence-electron chi connectivity index (χ3n) is 5.62. The molecule has 0 spiro atoms. The van der Waals surface area contributed by atoms with Gasteiger partial charge in [0.15, 0.2) is 0 Å². The second kappa shape index (κ2) is 13.9. The Kier molecular flexibility index (Phi) is 9.53. The van der Waals surface area contributed by atoms with E-state index in [2.05, 4.69) is 25.8 Å². The Balaban J connectivity index is 1.28. The number of nitro benzene ring substituents is 1. The highest BCUT2D eigenvalue weighted by Gasteiger charge is 2.22. The van der Waals surface area contributed by atoms with Crippen molar-refractivity contribution in [3.05, 3.63) is 124 Å². The number of aromatic amines is 1. The number of amides is 2. The minimum atomic E-state index is -0.962. The molecule has 1 aromatic heterocycles. The van der Waals surface area contributed by atoms with Crippen molar-refractivity contribution in [2.75, 3.05) is 0 Å². The summed E-state index contributed by atoms with van der Waals surface area (Å²) in [6.07, 6.45) is 3.92. The van der Waals surface area contributed by atoms with Crippen molar-refractivity contribution in [2.45, 2.75) is 25.7 Å². The van der Waals surface area contributed by atoms with Crippen molar-refractivity contribution >= 4 is 23.9 Å². The molecule has 1 atom stereocenters. The fraction of sp³-hybridized carbons (Fsp3) is 0.143. The van der Waals surface area contributed by atoms with Crippen molar-refractivity contribution in [1.82, 2.24) is 20.7 Å². The number of carbonyl (C=O) groups excluding carboxylic acids is 2. The Morgan fingerprint density at radius 2 is 1.73 bits per heavy atom. The van der Waals surface area contributed by atoms with Gasteiger partial charge in [0.2, 0.25) is 0 Å². The molecule has 12 heteroatoms. The average Bonchev–Trinajstić information content (AvgIpc) is 3.49. The molecule has 0 bridgehead atoms. The van der Waals surface area contributed by atoms with Crippen LogP contribution in [0.1, 0.15) is 22.4 Å². The van der Waals surface area contributed by atoms with E-state index in [1.165, 1.54) is 24.7 Å². The smallest absolute Gasteiger partial charge is 0.408 e. The summed E-state index contributed by atoms with van der Waals surface area (Å²) in [5.74, 6) is 0.0583. The van der Waals surface area contributed by atoms with Crippen molar-refractivity contribution in [1.29, 1.82) is 0 Å². The number of aromatic nitrogens is 2. The number of benzene rings is 3. The van der Waals surface area contributed by atoms with Crippen LogP contribution in [0.4, 0.5) is 10.5 Å². The van der Waals surface area contributed by atoms with Crippen LogP contribution < -0.4 is 15.5 Å². The number of H-pyrrole nitrogens is 1. The second-order valence-electron chi connectivity index (χ2n) is 8.56. The number of hydrogen-bond acceptors (Lipinski definition) is 8. The van der Waals surface area contributed by atoms with E-state index in [1.807, 2.05) is 30.3 Å². The number of nitrogens with zero attached hydrogens (tertiary/aromatic N) is 3. The van der Waals surface area contributed by atoms with Crippen LogP contribution >= 0.6 is 0 Å². The highest BCUT2D eigenvalue weighted by atomic mass is 16.6. The molecule has 12 nitrogen and oxygen atoms in total. The SMILES string of the molecule is O=C(N[C@H](Cc1cnc[nH]1)C(=O)N/N=C\c1ccc(OCc2ccc([N+](=O)[O-])cc2)cc1)OCc1ccccc1. The maximum Gasteiger partial charge on any atom is 0.408 e. The molecular formula is C28H26N6O6. The summed E-state index contributed by atoms with van der Waals surface area (Å²) in [4.78, 5) is 42.3. The lowest BCUT2D eigenvalue weighted by Gasteiger charge is -2.16. The topological polar surface area (TPSA) is 161 Å². The van der Waals surface area contributed by atoms with Crippen molar-refractivity contribution in [3.63, 3.8) is 0 Å². The van der Waals surface area contributed by atoms with Crippen LogP contribution in [-0.2, 0) is 29.2 Å². The van der Waals surface area contributed by atoms with Gasteiger partial charge in [0.25, 0.3) is 11.6 Å². The van der Waals surface area contributed by atoms with Gasteiger partial charge < -0.3 is 19.8 Å². The highest BCUT2D eigenvalue weighted by Crippen LogP contribution is 2.16. The van der Waals surface area contributed by atoms with Crippen LogP contribution in [0.15, 0.2) is 96.5 Å². The van der Waals surface area contributed by atoms with Gasteiger partial charge in [-0.05, 0) is 53.1 Å². The maximum atomic E-state index is 12.8. The lowest BCUT2D eigenvalue weighted by Crippen LogP contribution is -2.47. The first kappa shape index (κ1) is 27.5.